The molecule has 0 bridgehead atoms. The van der Waals surface area contributed by atoms with Gasteiger partial charge in [-0.15, -0.1) is 0 Å². The molecular formula is C16H27NO4. The van der Waals surface area contributed by atoms with Crippen LogP contribution in [-0.2, 0) is 6.54 Å². The zero-order chi connectivity index (χ0) is 15.9. The van der Waals surface area contributed by atoms with Crippen molar-refractivity contribution in [3.63, 3.8) is 0 Å². The third-order valence-electron chi connectivity index (χ3n) is 3.89. The lowest BCUT2D eigenvalue weighted by molar-refractivity contribution is 0.0322. The van der Waals surface area contributed by atoms with Crippen molar-refractivity contribution < 1.29 is 19.3 Å². The van der Waals surface area contributed by atoms with Crippen LogP contribution in [0.4, 0.5) is 0 Å². The van der Waals surface area contributed by atoms with E-state index in [1.807, 2.05) is 26.0 Å². The summed E-state index contributed by atoms with van der Waals surface area (Å²) in [5, 5.41) is 13.6. The normalized spacial score (nSPS) is 11.3. The molecule has 5 heteroatoms. The first-order valence-electron chi connectivity index (χ1n) is 7.25. The van der Waals surface area contributed by atoms with Crippen LogP contribution < -0.4 is 19.5 Å². The number of methoxy groups -OCH3 is 3. The van der Waals surface area contributed by atoms with Crippen LogP contribution in [0.3, 0.4) is 0 Å². The molecule has 0 saturated carbocycles. The van der Waals surface area contributed by atoms with E-state index in [9.17, 15) is 5.11 Å². The zero-order valence-electron chi connectivity index (χ0n) is 13.7. The molecule has 0 amide bonds. The first-order chi connectivity index (χ1) is 10.0. The Kier molecular flexibility index (Phi) is 6.78. The Balaban J connectivity index is 2.87. The topological polar surface area (TPSA) is 60.0 Å². The number of aliphatic hydroxyl groups is 1. The molecule has 0 fully saturated rings. The van der Waals surface area contributed by atoms with Gasteiger partial charge in [-0.25, -0.2) is 0 Å². The third-order valence-corrected chi connectivity index (χ3v) is 3.89. The zero-order valence-corrected chi connectivity index (χ0v) is 13.7. The molecule has 0 aliphatic rings. The number of rotatable bonds is 9. The van der Waals surface area contributed by atoms with Crippen molar-refractivity contribution >= 4 is 0 Å². The fourth-order valence-corrected chi connectivity index (χ4v) is 2.17. The predicted octanol–water partition coefficient (Wildman–Crippen LogP) is 2.35. The second-order valence-electron chi connectivity index (χ2n) is 5.05. The molecule has 0 saturated heterocycles. The number of nitrogens with one attached hydrogen (secondary N) is 1. The summed E-state index contributed by atoms with van der Waals surface area (Å²) in [4.78, 5) is 0. The molecule has 1 aromatic carbocycles. The molecule has 1 aromatic rings. The van der Waals surface area contributed by atoms with E-state index in [0.29, 0.717) is 43.2 Å². The van der Waals surface area contributed by atoms with E-state index in [1.165, 1.54) is 0 Å². The maximum atomic E-state index is 10.3. The van der Waals surface area contributed by atoms with Crippen molar-refractivity contribution in [2.75, 3.05) is 27.9 Å². The van der Waals surface area contributed by atoms with Gasteiger partial charge in [0.2, 0.25) is 0 Å². The van der Waals surface area contributed by atoms with Gasteiger partial charge in [-0.1, -0.05) is 13.8 Å². The lowest BCUT2D eigenvalue weighted by atomic mass is 9.97. The highest BCUT2D eigenvalue weighted by atomic mass is 16.5. The summed E-state index contributed by atoms with van der Waals surface area (Å²) >= 11 is 0. The quantitative estimate of drug-likeness (QED) is 0.733. The van der Waals surface area contributed by atoms with Gasteiger partial charge in [0, 0.05) is 25.2 Å². The lowest BCUT2D eigenvalue weighted by Gasteiger charge is -2.26. The molecule has 120 valence electrons. The van der Waals surface area contributed by atoms with E-state index in [0.717, 1.165) is 5.56 Å². The maximum Gasteiger partial charge on any atom is 0.130 e. The highest BCUT2D eigenvalue weighted by molar-refractivity contribution is 5.50. The van der Waals surface area contributed by atoms with Gasteiger partial charge in [-0.2, -0.15) is 0 Å². The molecular weight excluding hydrogens is 270 g/mol. The number of hydrogen-bond donors (Lipinski definition) is 2. The van der Waals surface area contributed by atoms with E-state index in [1.54, 1.807) is 21.3 Å². The summed E-state index contributed by atoms with van der Waals surface area (Å²) in [6, 6.07) is 3.65. The second-order valence-corrected chi connectivity index (χ2v) is 5.05. The van der Waals surface area contributed by atoms with E-state index in [2.05, 4.69) is 5.32 Å². The summed E-state index contributed by atoms with van der Waals surface area (Å²) in [7, 11) is 4.84. The van der Waals surface area contributed by atoms with Crippen LogP contribution in [0.25, 0.3) is 0 Å². The van der Waals surface area contributed by atoms with Gasteiger partial charge >= 0.3 is 0 Å². The monoisotopic (exact) mass is 297 g/mol. The Morgan fingerprint density at radius 2 is 1.52 bits per heavy atom. The van der Waals surface area contributed by atoms with Crippen LogP contribution in [0.2, 0.25) is 0 Å². The molecule has 0 aromatic heterocycles. The average molecular weight is 297 g/mol. The summed E-state index contributed by atoms with van der Waals surface area (Å²) in [5.41, 5.74) is 0.239. The minimum atomic E-state index is -0.674. The van der Waals surface area contributed by atoms with Crippen molar-refractivity contribution in [3.05, 3.63) is 17.7 Å². The fraction of sp³-hybridized carbons (Fsp3) is 0.625. The van der Waals surface area contributed by atoms with Gasteiger partial charge in [0.25, 0.3) is 0 Å². The molecule has 2 N–H and O–H groups in total. The van der Waals surface area contributed by atoms with Gasteiger partial charge in [0.1, 0.15) is 17.2 Å². The van der Waals surface area contributed by atoms with E-state index in [-0.39, 0.29) is 0 Å². The standard InChI is InChI=1S/C16H27NO4/c1-6-16(18,7-2)11-17-10-13-14(20-4)8-12(19-3)9-15(13)21-5/h8-9,17-18H,6-7,10-11H2,1-5H3. The maximum absolute atomic E-state index is 10.3. The predicted molar refractivity (Wildman–Crippen MR) is 83.3 cm³/mol. The van der Waals surface area contributed by atoms with Gasteiger partial charge in [0.15, 0.2) is 0 Å². The van der Waals surface area contributed by atoms with Crippen molar-refractivity contribution in [2.24, 2.45) is 0 Å². The Morgan fingerprint density at radius 3 is 1.90 bits per heavy atom. The summed E-state index contributed by atoms with van der Waals surface area (Å²) in [6.45, 7) is 5.05. The van der Waals surface area contributed by atoms with E-state index in [4.69, 9.17) is 14.2 Å². The molecule has 0 spiro atoms. The second kappa shape index (κ2) is 8.10. The molecule has 0 aliphatic carbocycles. The molecule has 5 nitrogen and oxygen atoms in total. The van der Waals surface area contributed by atoms with E-state index < -0.39 is 5.60 Å². The van der Waals surface area contributed by atoms with Gasteiger partial charge in [-0.05, 0) is 12.8 Å². The highest BCUT2D eigenvalue weighted by Gasteiger charge is 2.22. The number of benzene rings is 1. The first-order valence-corrected chi connectivity index (χ1v) is 7.25. The van der Waals surface area contributed by atoms with Crippen LogP contribution in [0.1, 0.15) is 32.3 Å². The minimum Gasteiger partial charge on any atom is -0.496 e. The molecule has 0 heterocycles. The van der Waals surface area contributed by atoms with Gasteiger partial charge in [0.05, 0.1) is 32.5 Å². The molecule has 21 heavy (non-hydrogen) atoms. The summed E-state index contributed by atoms with van der Waals surface area (Å²) < 4.78 is 16.0. The minimum absolute atomic E-state index is 0.526. The third kappa shape index (κ3) is 4.51. The van der Waals surface area contributed by atoms with Gasteiger partial charge in [-0.3, -0.25) is 0 Å². The molecule has 0 radical (unpaired) electrons. The first kappa shape index (κ1) is 17.6. The van der Waals surface area contributed by atoms with Gasteiger partial charge < -0.3 is 24.6 Å². The van der Waals surface area contributed by atoms with Crippen LogP contribution in [0.15, 0.2) is 12.1 Å². The van der Waals surface area contributed by atoms with Crippen LogP contribution in [0, 0.1) is 0 Å². The summed E-state index contributed by atoms with van der Waals surface area (Å²) in [6.07, 6.45) is 1.43. The van der Waals surface area contributed by atoms with E-state index >= 15 is 0 Å². The lowest BCUT2D eigenvalue weighted by Crippen LogP contribution is -2.39. The van der Waals surface area contributed by atoms with Crippen molar-refractivity contribution in [2.45, 2.75) is 38.8 Å². The number of ether oxygens (including phenoxy) is 3. The smallest absolute Gasteiger partial charge is 0.130 e. The highest BCUT2D eigenvalue weighted by Crippen LogP contribution is 2.33. The number of hydrogen-bond acceptors (Lipinski definition) is 5. The largest absolute Gasteiger partial charge is 0.496 e. The Labute approximate surface area is 127 Å². The fourth-order valence-electron chi connectivity index (χ4n) is 2.17. The molecule has 0 unspecified atom stereocenters. The van der Waals surface area contributed by atoms with Crippen LogP contribution >= 0.6 is 0 Å². The van der Waals surface area contributed by atoms with Crippen molar-refractivity contribution in [1.82, 2.24) is 5.32 Å². The molecule has 0 aliphatic heterocycles. The molecule has 0 atom stereocenters. The Hall–Kier alpha value is -1.46. The summed E-state index contributed by atoms with van der Waals surface area (Å²) in [5.74, 6) is 2.09. The van der Waals surface area contributed by atoms with Crippen LogP contribution in [-0.4, -0.2) is 38.6 Å². The SMILES string of the molecule is CCC(O)(CC)CNCc1c(OC)cc(OC)cc1OC. The van der Waals surface area contributed by atoms with Crippen LogP contribution in [0.5, 0.6) is 17.2 Å². The van der Waals surface area contributed by atoms with Crippen molar-refractivity contribution in [1.29, 1.82) is 0 Å². The molecule has 1 rings (SSSR count). The average Bonchev–Trinajstić information content (AvgIpc) is 2.54. The Bertz CT molecular complexity index is 419. The Morgan fingerprint density at radius 1 is 1.00 bits per heavy atom. The van der Waals surface area contributed by atoms with Crippen molar-refractivity contribution in [3.8, 4) is 17.2 Å².